The summed E-state index contributed by atoms with van der Waals surface area (Å²) in [6.07, 6.45) is 1.65. The number of anilines is 3. The van der Waals surface area contributed by atoms with Crippen molar-refractivity contribution in [2.45, 2.75) is 6.92 Å². The van der Waals surface area contributed by atoms with E-state index in [1.54, 1.807) is 25.4 Å². The van der Waals surface area contributed by atoms with E-state index in [0.29, 0.717) is 11.4 Å². The average Bonchev–Trinajstić information content (AvgIpc) is 2.63. The molecule has 0 fully saturated rings. The Morgan fingerprint density at radius 2 is 1.80 bits per heavy atom. The maximum atomic E-state index is 12.6. The van der Waals surface area contributed by atoms with Gasteiger partial charge in [0.2, 0.25) is 0 Å². The van der Waals surface area contributed by atoms with Gasteiger partial charge in [-0.15, -0.1) is 0 Å². The van der Waals surface area contributed by atoms with Crippen LogP contribution >= 0.6 is 0 Å². The highest BCUT2D eigenvalue weighted by Gasteiger charge is 2.13. The molecule has 2 N–H and O–H groups in total. The molecule has 3 rings (SSSR count). The predicted octanol–water partition coefficient (Wildman–Crippen LogP) is 4.39. The molecule has 0 spiro atoms. The lowest BCUT2D eigenvalue weighted by molar-refractivity contribution is 0.102. The van der Waals surface area contributed by atoms with E-state index in [-0.39, 0.29) is 5.91 Å². The van der Waals surface area contributed by atoms with Gasteiger partial charge in [0.05, 0.1) is 12.7 Å². The van der Waals surface area contributed by atoms with Crippen LogP contribution in [-0.4, -0.2) is 18.0 Å². The number of methoxy groups -OCH3 is 1. The van der Waals surface area contributed by atoms with Gasteiger partial charge in [0.1, 0.15) is 11.6 Å². The Bertz CT molecular complexity index is 876. The minimum absolute atomic E-state index is 0.213. The Kier molecular flexibility index (Phi) is 4.95. The monoisotopic (exact) mass is 333 g/mol. The standard InChI is InChI=1S/C20H19N3O2/c1-14-5-3-6-16(13-14)23-20(24)18-7-4-12-21-19(18)22-15-8-10-17(25-2)11-9-15/h3-13H,1-2H3,(H,21,22)(H,23,24). The fourth-order valence-electron chi connectivity index (χ4n) is 2.42. The second-order valence-electron chi connectivity index (χ2n) is 5.58. The van der Waals surface area contributed by atoms with Crippen molar-refractivity contribution in [1.82, 2.24) is 4.98 Å². The number of nitrogens with one attached hydrogen (secondary N) is 2. The van der Waals surface area contributed by atoms with Gasteiger partial charge in [0.15, 0.2) is 0 Å². The number of carbonyl (C=O) groups is 1. The first-order chi connectivity index (χ1) is 12.2. The van der Waals surface area contributed by atoms with Crippen LogP contribution in [0.4, 0.5) is 17.2 Å². The van der Waals surface area contributed by atoms with Gasteiger partial charge in [-0.25, -0.2) is 4.98 Å². The van der Waals surface area contributed by atoms with E-state index < -0.39 is 0 Å². The molecule has 0 aliphatic rings. The highest BCUT2D eigenvalue weighted by atomic mass is 16.5. The highest BCUT2D eigenvalue weighted by Crippen LogP contribution is 2.22. The van der Waals surface area contributed by atoms with Crippen LogP contribution in [0.3, 0.4) is 0 Å². The summed E-state index contributed by atoms with van der Waals surface area (Å²) < 4.78 is 5.15. The molecule has 126 valence electrons. The topological polar surface area (TPSA) is 63.2 Å². The number of pyridine rings is 1. The van der Waals surface area contributed by atoms with Gasteiger partial charge in [0.25, 0.3) is 5.91 Å². The fraction of sp³-hybridized carbons (Fsp3) is 0.100. The zero-order chi connectivity index (χ0) is 17.6. The lowest BCUT2D eigenvalue weighted by Crippen LogP contribution is -2.14. The van der Waals surface area contributed by atoms with Gasteiger partial charge in [-0.05, 0) is 61.0 Å². The van der Waals surface area contributed by atoms with Crippen molar-refractivity contribution in [1.29, 1.82) is 0 Å². The smallest absolute Gasteiger partial charge is 0.259 e. The van der Waals surface area contributed by atoms with Crippen molar-refractivity contribution in [2.24, 2.45) is 0 Å². The average molecular weight is 333 g/mol. The SMILES string of the molecule is COc1ccc(Nc2ncccc2C(=O)Nc2cccc(C)c2)cc1. The van der Waals surface area contributed by atoms with E-state index in [9.17, 15) is 4.79 Å². The van der Waals surface area contributed by atoms with E-state index in [2.05, 4.69) is 15.6 Å². The van der Waals surface area contributed by atoms with Crippen molar-refractivity contribution in [3.8, 4) is 5.75 Å². The van der Waals surface area contributed by atoms with Crippen molar-refractivity contribution in [2.75, 3.05) is 17.7 Å². The molecule has 0 radical (unpaired) electrons. The highest BCUT2D eigenvalue weighted by molar-refractivity contribution is 6.07. The molecule has 0 aliphatic carbocycles. The van der Waals surface area contributed by atoms with Crippen LogP contribution in [0.1, 0.15) is 15.9 Å². The summed E-state index contributed by atoms with van der Waals surface area (Å²) in [4.78, 5) is 16.9. The van der Waals surface area contributed by atoms with E-state index in [0.717, 1.165) is 22.7 Å². The minimum atomic E-state index is -0.213. The number of benzene rings is 2. The summed E-state index contributed by atoms with van der Waals surface area (Å²) in [6, 6.07) is 18.6. The van der Waals surface area contributed by atoms with Crippen LogP contribution in [0.15, 0.2) is 66.9 Å². The van der Waals surface area contributed by atoms with Gasteiger partial charge in [-0.1, -0.05) is 12.1 Å². The molecule has 0 saturated carbocycles. The molecule has 25 heavy (non-hydrogen) atoms. The van der Waals surface area contributed by atoms with E-state index in [1.165, 1.54) is 0 Å². The third kappa shape index (κ3) is 4.14. The van der Waals surface area contributed by atoms with Crippen LogP contribution < -0.4 is 15.4 Å². The summed E-state index contributed by atoms with van der Waals surface area (Å²) in [5, 5.41) is 6.08. The van der Waals surface area contributed by atoms with Crippen LogP contribution in [0, 0.1) is 6.92 Å². The number of aromatic nitrogens is 1. The molecule has 0 unspecified atom stereocenters. The van der Waals surface area contributed by atoms with Gasteiger partial charge >= 0.3 is 0 Å². The number of ether oxygens (including phenoxy) is 1. The largest absolute Gasteiger partial charge is 0.497 e. The van der Waals surface area contributed by atoms with Crippen LogP contribution in [0.25, 0.3) is 0 Å². The van der Waals surface area contributed by atoms with Gasteiger partial charge in [-0.3, -0.25) is 4.79 Å². The second kappa shape index (κ2) is 7.49. The zero-order valence-electron chi connectivity index (χ0n) is 14.1. The van der Waals surface area contributed by atoms with E-state index in [1.807, 2.05) is 55.5 Å². The molecule has 2 aromatic carbocycles. The summed E-state index contributed by atoms with van der Waals surface area (Å²) in [5.41, 5.74) is 3.13. The molecule has 5 nitrogen and oxygen atoms in total. The Hall–Kier alpha value is -3.34. The summed E-state index contributed by atoms with van der Waals surface area (Å²) in [7, 11) is 1.62. The fourth-order valence-corrected chi connectivity index (χ4v) is 2.42. The predicted molar refractivity (Wildman–Crippen MR) is 99.6 cm³/mol. The molecule has 0 atom stereocenters. The quantitative estimate of drug-likeness (QED) is 0.727. The maximum absolute atomic E-state index is 12.6. The lowest BCUT2D eigenvalue weighted by Gasteiger charge is -2.12. The van der Waals surface area contributed by atoms with Crippen molar-refractivity contribution < 1.29 is 9.53 Å². The second-order valence-corrected chi connectivity index (χ2v) is 5.58. The number of hydrogen-bond acceptors (Lipinski definition) is 4. The summed E-state index contributed by atoms with van der Waals surface area (Å²) in [6.45, 7) is 1.98. The van der Waals surface area contributed by atoms with Gasteiger partial charge in [-0.2, -0.15) is 0 Å². The lowest BCUT2D eigenvalue weighted by atomic mass is 10.2. The number of hydrogen-bond donors (Lipinski definition) is 2. The van der Waals surface area contributed by atoms with Crippen LogP contribution in [0.2, 0.25) is 0 Å². The first-order valence-electron chi connectivity index (χ1n) is 7.90. The zero-order valence-corrected chi connectivity index (χ0v) is 14.1. The Balaban J connectivity index is 1.81. The molecule has 5 heteroatoms. The maximum Gasteiger partial charge on any atom is 0.259 e. The molecule has 1 aromatic heterocycles. The van der Waals surface area contributed by atoms with Crippen molar-refractivity contribution >= 4 is 23.1 Å². The number of rotatable bonds is 5. The molecule has 0 saturated heterocycles. The summed E-state index contributed by atoms with van der Waals surface area (Å²) >= 11 is 0. The summed E-state index contributed by atoms with van der Waals surface area (Å²) in [5.74, 6) is 1.05. The molecule has 1 amide bonds. The first kappa shape index (κ1) is 16.5. The Morgan fingerprint density at radius 3 is 2.52 bits per heavy atom. The molecular formula is C20H19N3O2. The third-order valence-electron chi connectivity index (χ3n) is 3.68. The third-order valence-corrected chi connectivity index (χ3v) is 3.68. The Labute approximate surface area is 146 Å². The molecule has 3 aromatic rings. The van der Waals surface area contributed by atoms with Crippen molar-refractivity contribution in [3.63, 3.8) is 0 Å². The first-order valence-corrected chi connectivity index (χ1v) is 7.90. The van der Waals surface area contributed by atoms with Crippen molar-refractivity contribution in [3.05, 3.63) is 78.0 Å². The molecule has 1 heterocycles. The molecular weight excluding hydrogens is 314 g/mol. The van der Waals surface area contributed by atoms with E-state index in [4.69, 9.17) is 4.74 Å². The van der Waals surface area contributed by atoms with Gasteiger partial charge < -0.3 is 15.4 Å². The minimum Gasteiger partial charge on any atom is -0.497 e. The Morgan fingerprint density at radius 1 is 1.00 bits per heavy atom. The number of amides is 1. The van der Waals surface area contributed by atoms with Crippen LogP contribution in [-0.2, 0) is 0 Å². The molecule has 0 aliphatic heterocycles. The number of nitrogens with zero attached hydrogens (tertiary/aromatic N) is 1. The number of aryl methyl sites for hydroxylation is 1. The van der Waals surface area contributed by atoms with E-state index >= 15 is 0 Å². The molecule has 0 bridgehead atoms. The van der Waals surface area contributed by atoms with Gasteiger partial charge in [0, 0.05) is 17.6 Å². The number of carbonyl (C=O) groups excluding carboxylic acids is 1. The van der Waals surface area contributed by atoms with Crippen LogP contribution in [0.5, 0.6) is 5.75 Å². The normalized spacial score (nSPS) is 10.2.